The van der Waals surface area contributed by atoms with Gasteiger partial charge < -0.3 is 10.6 Å². The van der Waals surface area contributed by atoms with E-state index in [1.54, 1.807) is 0 Å². The molecule has 4 rings (SSSR count). The van der Waals surface area contributed by atoms with Crippen LogP contribution in [0, 0.1) is 0 Å². The van der Waals surface area contributed by atoms with Crippen molar-refractivity contribution in [2.24, 2.45) is 0 Å². The fourth-order valence-electron chi connectivity index (χ4n) is 3.18. The van der Waals surface area contributed by atoms with Crippen molar-refractivity contribution in [3.05, 3.63) is 0 Å². The Morgan fingerprint density at radius 2 is 1.82 bits per heavy atom. The molecule has 0 bridgehead atoms. The molecule has 0 radical (unpaired) electrons. The van der Waals surface area contributed by atoms with E-state index in [4.69, 9.17) is 10.3 Å². The summed E-state index contributed by atoms with van der Waals surface area (Å²) >= 11 is 4.53. The van der Waals surface area contributed by atoms with Crippen LogP contribution >= 0.6 is 46.2 Å². The Balaban J connectivity index is 0.00000306. The monoisotopic (exact) mass is 562 g/mol. The summed E-state index contributed by atoms with van der Waals surface area (Å²) in [5.74, 6) is -1.45. The summed E-state index contributed by atoms with van der Waals surface area (Å²) in [5.41, 5.74) is 5.48. The summed E-state index contributed by atoms with van der Waals surface area (Å²) in [4.78, 5) is 37.9. The number of rotatable bonds is 8. The number of β-lactam (4-membered cyclic amide) rings is 1. The first-order valence-corrected chi connectivity index (χ1v) is 13.7. The normalized spacial score (nSPS) is 19.6. The molecule has 2 fully saturated rings. The Hall–Kier alpha value is -1.06. The standard InChI is InChI=1S/C13H14N8O6S5.Na.H/c14-10-16-18-12(30-10)28-3-6(22)15-11-17-19-13(31-11)29-4-7(23)20-2-1-5-8(20)9(24)21(5)32(25,26)27;;/h5,8H,1-4H2,(H2,14,16)(H,15,17,22)(H,25,26,27);;/t5-,8+;;/m1../s1. The van der Waals surface area contributed by atoms with Gasteiger partial charge in [0.25, 0.3) is 5.91 Å². The number of carbonyl (C=O) groups is 3. The van der Waals surface area contributed by atoms with Crippen LogP contribution in [0.3, 0.4) is 0 Å². The summed E-state index contributed by atoms with van der Waals surface area (Å²) in [6.45, 7) is 0.210. The predicted octanol–water partition coefficient (Wildman–Crippen LogP) is -1.24. The van der Waals surface area contributed by atoms with Crippen molar-refractivity contribution in [1.29, 1.82) is 0 Å². The van der Waals surface area contributed by atoms with Gasteiger partial charge in [0.1, 0.15) is 6.04 Å². The average Bonchev–Trinajstić information content (AvgIpc) is 3.42. The van der Waals surface area contributed by atoms with Crippen molar-refractivity contribution < 1.29 is 27.4 Å². The first kappa shape index (κ1) is 26.5. The minimum absolute atomic E-state index is 0. The molecule has 0 aliphatic carbocycles. The number of thioether (sulfide) groups is 2. The number of aromatic nitrogens is 4. The maximum atomic E-state index is 12.5. The van der Waals surface area contributed by atoms with Gasteiger partial charge in [-0.3, -0.25) is 24.3 Å². The number of nitrogens with zero attached hydrogens (tertiary/aromatic N) is 6. The third kappa shape index (κ3) is 5.96. The van der Waals surface area contributed by atoms with Gasteiger partial charge >= 0.3 is 39.9 Å². The molecule has 4 heterocycles. The molecular formula is C13H15N8NaO6S5. The number of nitrogens with two attached hydrogens (primary N) is 1. The van der Waals surface area contributed by atoms with Gasteiger partial charge in [0, 0.05) is 6.54 Å². The Bertz CT molecular complexity index is 1170. The second kappa shape index (κ2) is 10.7. The van der Waals surface area contributed by atoms with Gasteiger partial charge in [-0.15, -0.1) is 20.4 Å². The first-order valence-electron chi connectivity index (χ1n) is 8.71. The molecule has 2 atom stereocenters. The molecule has 0 saturated carbocycles. The molecule has 0 aromatic carbocycles. The fourth-order valence-corrected chi connectivity index (χ4v) is 7.17. The van der Waals surface area contributed by atoms with Gasteiger partial charge in [-0.2, -0.15) is 8.42 Å². The molecule has 2 aromatic rings. The van der Waals surface area contributed by atoms with Crippen LogP contribution in [0.25, 0.3) is 0 Å². The molecule has 3 amide bonds. The van der Waals surface area contributed by atoms with E-state index in [1.165, 1.54) is 28.0 Å². The number of hydrogen-bond donors (Lipinski definition) is 3. The van der Waals surface area contributed by atoms with Gasteiger partial charge in [-0.1, -0.05) is 46.2 Å². The van der Waals surface area contributed by atoms with E-state index in [9.17, 15) is 22.8 Å². The molecule has 2 saturated heterocycles. The Morgan fingerprint density at radius 3 is 2.48 bits per heavy atom. The molecular weight excluding hydrogens is 548 g/mol. The van der Waals surface area contributed by atoms with Crippen LogP contribution in [0.1, 0.15) is 6.42 Å². The molecule has 2 aliphatic heterocycles. The topological polar surface area (TPSA) is 202 Å². The molecule has 0 unspecified atom stereocenters. The molecule has 2 aromatic heterocycles. The third-order valence-corrected chi connectivity index (χ3v) is 9.22. The molecule has 4 N–H and O–H groups in total. The fraction of sp³-hybridized carbons (Fsp3) is 0.462. The number of likely N-dealkylation sites (tertiary alicyclic amines) is 1. The zero-order chi connectivity index (χ0) is 23.0. The van der Waals surface area contributed by atoms with Crippen LogP contribution < -0.4 is 11.1 Å². The zero-order valence-corrected chi connectivity index (χ0v) is 19.9. The number of amides is 3. The van der Waals surface area contributed by atoms with Crippen molar-refractivity contribution in [2.45, 2.75) is 27.2 Å². The van der Waals surface area contributed by atoms with Crippen LogP contribution in [0.2, 0.25) is 0 Å². The Kier molecular flexibility index (Phi) is 8.60. The van der Waals surface area contributed by atoms with Gasteiger partial charge in [-0.05, 0) is 6.42 Å². The summed E-state index contributed by atoms with van der Waals surface area (Å²) < 4.78 is 33.0. The van der Waals surface area contributed by atoms with Crippen LogP contribution in [-0.4, -0.2) is 120 Å². The SMILES string of the molecule is Nc1nnc(SCC(=O)Nc2nnc(SCC(=O)N3CC[C@@H]4[C@H]3C(=O)N4S(=O)(=O)O)s2)s1.[NaH]. The number of hydrogen-bond acceptors (Lipinski definition) is 14. The molecule has 33 heavy (non-hydrogen) atoms. The summed E-state index contributed by atoms with van der Waals surface area (Å²) in [7, 11) is -4.62. The Labute approximate surface area is 225 Å². The number of carbonyl (C=O) groups excluding carboxylic acids is 3. The number of anilines is 2. The number of fused-ring (bicyclic) bond motifs is 1. The van der Waals surface area contributed by atoms with Gasteiger partial charge in [0.2, 0.25) is 22.1 Å². The van der Waals surface area contributed by atoms with Gasteiger partial charge in [0.05, 0.1) is 17.5 Å². The van der Waals surface area contributed by atoms with Crippen LogP contribution in [-0.2, 0) is 24.7 Å². The molecule has 14 nitrogen and oxygen atoms in total. The van der Waals surface area contributed by atoms with E-state index in [1.807, 2.05) is 0 Å². The van der Waals surface area contributed by atoms with Crippen LogP contribution in [0.5, 0.6) is 0 Å². The van der Waals surface area contributed by atoms with E-state index in [0.717, 1.165) is 23.1 Å². The van der Waals surface area contributed by atoms with Crippen molar-refractivity contribution in [1.82, 2.24) is 29.6 Å². The second-order valence-electron chi connectivity index (χ2n) is 6.40. The second-order valence-corrected chi connectivity index (χ2v) is 12.1. The Morgan fingerprint density at radius 1 is 1.15 bits per heavy atom. The summed E-state index contributed by atoms with van der Waals surface area (Å²) in [6.07, 6.45) is 0.267. The average molecular weight is 563 g/mol. The third-order valence-electron chi connectivity index (χ3n) is 4.43. The zero-order valence-electron chi connectivity index (χ0n) is 15.8. The minimum atomic E-state index is -4.62. The molecule has 174 valence electrons. The number of nitrogens with one attached hydrogen (secondary N) is 1. The van der Waals surface area contributed by atoms with Crippen LogP contribution in [0.4, 0.5) is 10.3 Å². The van der Waals surface area contributed by atoms with Crippen molar-refractivity contribution in [3.8, 4) is 0 Å². The number of nitrogen functional groups attached to an aromatic ring is 1. The van der Waals surface area contributed by atoms with Gasteiger partial charge in [0.15, 0.2) is 8.68 Å². The quantitative estimate of drug-likeness (QED) is 0.113. The van der Waals surface area contributed by atoms with E-state index in [0.29, 0.717) is 18.1 Å². The first-order chi connectivity index (χ1) is 15.1. The van der Waals surface area contributed by atoms with E-state index in [2.05, 4.69) is 25.7 Å². The van der Waals surface area contributed by atoms with Crippen molar-refractivity contribution in [2.75, 3.05) is 29.1 Å². The molecule has 2 aliphatic rings. The van der Waals surface area contributed by atoms with Gasteiger partial charge in [-0.25, -0.2) is 4.31 Å². The maximum absolute atomic E-state index is 12.5. The van der Waals surface area contributed by atoms with Crippen molar-refractivity contribution in [3.63, 3.8) is 0 Å². The van der Waals surface area contributed by atoms with E-state index < -0.39 is 28.3 Å². The van der Waals surface area contributed by atoms with E-state index >= 15 is 0 Å². The summed E-state index contributed by atoms with van der Waals surface area (Å²) in [5, 5.41) is 18.4. The van der Waals surface area contributed by atoms with E-state index in [-0.39, 0.29) is 71.0 Å². The molecule has 20 heteroatoms. The predicted molar refractivity (Wildman–Crippen MR) is 124 cm³/mol. The molecule has 0 spiro atoms. The van der Waals surface area contributed by atoms with Crippen LogP contribution in [0.15, 0.2) is 8.68 Å². The van der Waals surface area contributed by atoms with Crippen molar-refractivity contribution >= 4 is 114 Å². The summed E-state index contributed by atoms with van der Waals surface area (Å²) in [6, 6.07) is -1.61.